The van der Waals surface area contributed by atoms with Crippen LogP contribution >= 0.6 is 11.8 Å². The number of benzene rings is 1. The fraction of sp³-hybridized carbons (Fsp3) is 0.500. The molecule has 0 fully saturated rings. The predicted molar refractivity (Wildman–Crippen MR) is 66.6 cm³/mol. The molecular weight excluding hydrogens is 263 g/mol. The summed E-state index contributed by atoms with van der Waals surface area (Å²) in [5.41, 5.74) is 1.10. The number of ether oxygens (including phenoxy) is 1. The Bertz CT molecular complexity index is 371. The van der Waals surface area contributed by atoms with Crippen LogP contribution in [0.25, 0.3) is 0 Å². The minimum absolute atomic E-state index is 0.00308. The molecule has 1 rings (SSSR count). The van der Waals surface area contributed by atoms with Gasteiger partial charge in [-0.15, -0.1) is 0 Å². The van der Waals surface area contributed by atoms with Crippen LogP contribution in [0.3, 0.4) is 0 Å². The van der Waals surface area contributed by atoms with E-state index in [1.165, 1.54) is 11.8 Å². The summed E-state index contributed by atoms with van der Waals surface area (Å²) in [4.78, 5) is 0.900. The maximum Gasteiger partial charge on any atom is 0.411 e. The van der Waals surface area contributed by atoms with E-state index in [4.69, 9.17) is 0 Å². The van der Waals surface area contributed by atoms with Crippen molar-refractivity contribution in [1.29, 1.82) is 0 Å². The minimum Gasteiger partial charge on any atom is -0.361 e. The van der Waals surface area contributed by atoms with Crippen LogP contribution in [0, 0.1) is 0 Å². The van der Waals surface area contributed by atoms with Crippen molar-refractivity contribution in [1.82, 2.24) is 5.32 Å². The van der Waals surface area contributed by atoms with E-state index >= 15 is 0 Å². The van der Waals surface area contributed by atoms with Crippen molar-refractivity contribution in [3.63, 3.8) is 0 Å². The van der Waals surface area contributed by atoms with Crippen molar-refractivity contribution in [2.24, 2.45) is 0 Å². The lowest BCUT2D eigenvalue weighted by Gasteiger charge is -2.12. The SMILES string of the molecule is CNC(C)c1cccc(SCOCC(F)(F)F)c1. The van der Waals surface area contributed by atoms with Gasteiger partial charge in [-0.05, 0) is 31.7 Å². The second-order valence-electron chi connectivity index (χ2n) is 3.81. The number of alkyl halides is 3. The van der Waals surface area contributed by atoms with Crippen molar-refractivity contribution >= 4 is 11.8 Å². The van der Waals surface area contributed by atoms with E-state index in [2.05, 4.69) is 10.1 Å². The van der Waals surface area contributed by atoms with Gasteiger partial charge in [0.05, 0.1) is 5.94 Å². The smallest absolute Gasteiger partial charge is 0.361 e. The van der Waals surface area contributed by atoms with Crippen LogP contribution in [0.5, 0.6) is 0 Å². The molecule has 1 aromatic rings. The molecule has 0 amide bonds. The number of nitrogens with one attached hydrogen (secondary N) is 1. The van der Waals surface area contributed by atoms with Crippen LogP contribution in [-0.4, -0.2) is 25.8 Å². The van der Waals surface area contributed by atoms with Crippen LogP contribution in [0.1, 0.15) is 18.5 Å². The zero-order chi connectivity index (χ0) is 13.6. The van der Waals surface area contributed by atoms with E-state index in [9.17, 15) is 13.2 Å². The molecule has 0 bridgehead atoms. The van der Waals surface area contributed by atoms with Gasteiger partial charge in [0.2, 0.25) is 0 Å². The van der Waals surface area contributed by atoms with E-state index in [-0.39, 0.29) is 12.0 Å². The Morgan fingerprint density at radius 2 is 2.11 bits per heavy atom. The van der Waals surface area contributed by atoms with Gasteiger partial charge in [-0.3, -0.25) is 0 Å². The van der Waals surface area contributed by atoms with Crippen LogP contribution < -0.4 is 5.32 Å². The Kier molecular flexibility index (Phi) is 5.98. The number of thioether (sulfide) groups is 1. The Morgan fingerprint density at radius 1 is 1.39 bits per heavy atom. The van der Waals surface area contributed by atoms with Gasteiger partial charge in [-0.25, -0.2) is 0 Å². The lowest BCUT2D eigenvalue weighted by molar-refractivity contribution is -0.168. The molecule has 0 aromatic heterocycles. The van der Waals surface area contributed by atoms with Crippen molar-refractivity contribution < 1.29 is 17.9 Å². The molecule has 1 unspecified atom stereocenters. The van der Waals surface area contributed by atoms with Crippen LogP contribution in [0.15, 0.2) is 29.2 Å². The van der Waals surface area contributed by atoms with Gasteiger partial charge >= 0.3 is 6.18 Å². The zero-order valence-electron chi connectivity index (χ0n) is 10.3. The second kappa shape index (κ2) is 7.01. The fourth-order valence-electron chi connectivity index (χ4n) is 1.31. The molecule has 0 radical (unpaired) electrons. The average molecular weight is 279 g/mol. The van der Waals surface area contributed by atoms with Gasteiger partial charge in [-0.1, -0.05) is 23.9 Å². The normalized spacial score (nSPS) is 13.6. The van der Waals surface area contributed by atoms with Gasteiger partial charge in [0.1, 0.15) is 6.61 Å². The third kappa shape index (κ3) is 5.75. The lowest BCUT2D eigenvalue weighted by Crippen LogP contribution is -2.16. The van der Waals surface area contributed by atoms with Gasteiger partial charge in [0.15, 0.2) is 0 Å². The van der Waals surface area contributed by atoms with E-state index in [0.29, 0.717) is 0 Å². The largest absolute Gasteiger partial charge is 0.411 e. The molecule has 0 spiro atoms. The molecule has 0 heterocycles. The molecule has 0 saturated carbocycles. The molecular formula is C12H16F3NOS. The topological polar surface area (TPSA) is 21.3 Å². The van der Waals surface area contributed by atoms with Crippen molar-refractivity contribution in [3.05, 3.63) is 29.8 Å². The molecule has 1 atom stereocenters. The summed E-state index contributed by atoms with van der Waals surface area (Å²) in [7, 11) is 1.86. The number of hydrogen-bond acceptors (Lipinski definition) is 3. The van der Waals surface area contributed by atoms with E-state index < -0.39 is 12.8 Å². The summed E-state index contributed by atoms with van der Waals surface area (Å²) in [6.07, 6.45) is -4.26. The van der Waals surface area contributed by atoms with Crippen molar-refractivity contribution in [3.8, 4) is 0 Å². The predicted octanol–water partition coefficient (Wildman–Crippen LogP) is 3.60. The Hall–Kier alpha value is -0.720. The van der Waals surface area contributed by atoms with E-state index in [0.717, 1.165) is 10.5 Å². The molecule has 1 aromatic carbocycles. The second-order valence-corrected chi connectivity index (χ2v) is 4.80. The highest BCUT2D eigenvalue weighted by Crippen LogP contribution is 2.23. The molecule has 102 valence electrons. The van der Waals surface area contributed by atoms with Crippen LogP contribution in [-0.2, 0) is 4.74 Å². The maximum atomic E-state index is 11.9. The van der Waals surface area contributed by atoms with Crippen LogP contribution in [0.4, 0.5) is 13.2 Å². The lowest BCUT2D eigenvalue weighted by atomic mass is 10.1. The average Bonchev–Trinajstić information content (AvgIpc) is 2.33. The third-order valence-electron chi connectivity index (χ3n) is 2.37. The third-order valence-corrected chi connectivity index (χ3v) is 3.24. The number of hydrogen-bond donors (Lipinski definition) is 1. The molecule has 0 saturated heterocycles. The maximum absolute atomic E-state index is 11.9. The quantitative estimate of drug-likeness (QED) is 0.488. The highest BCUT2D eigenvalue weighted by Gasteiger charge is 2.27. The molecule has 0 aliphatic heterocycles. The van der Waals surface area contributed by atoms with E-state index in [1.54, 1.807) is 0 Å². The summed E-state index contributed by atoms with van der Waals surface area (Å²) in [5, 5.41) is 3.11. The zero-order valence-corrected chi connectivity index (χ0v) is 11.1. The summed E-state index contributed by atoms with van der Waals surface area (Å²) in [6.45, 7) is 0.816. The summed E-state index contributed by atoms with van der Waals surface area (Å²) in [5.74, 6) is -0.00308. The summed E-state index contributed by atoms with van der Waals surface area (Å²) < 4.78 is 40.1. The molecule has 6 heteroatoms. The van der Waals surface area contributed by atoms with E-state index in [1.807, 2.05) is 38.2 Å². The first kappa shape index (κ1) is 15.3. The van der Waals surface area contributed by atoms with Gasteiger partial charge in [-0.2, -0.15) is 13.2 Å². The van der Waals surface area contributed by atoms with Gasteiger partial charge in [0.25, 0.3) is 0 Å². The first-order chi connectivity index (χ1) is 8.42. The summed E-state index contributed by atoms with van der Waals surface area (Å²) in [6, 6.07) is 7.87. The van der Waals surface area contributed by atoms with Crippen molar-refractivity contribution in [2.75, 3.05) is 19.6 Å². The minimum atomic E-state index is -4.26. The molecule has 1 N–H and O–H groups in total. The molecule has 0 aliphatic rings. The Labute approximate surface area is 109 Å². The fourth-order valence-corrected chi connectivity index (χ4v) is 2.00. The van der Waals surface area contributed by atoms with Gasteiger partial charge in [0, 0.05) is 10.9 Å². The monoisotopic (exact) mass is 279 g/mol. The standard InChI is InChI=1S/C12H16F3NOS/c1-9(16-2)10-4-3-5-11(6-10)18-8-17-7-12(13,14)15/h3-6,9,16H,7-8H2,1-2H3. The Balaban J connectivity index is 2.43. The molecule has 0 aliphatic carbocycles. The highest BCUT2D eigenvalue weighted by atomic mass is 32.2. The number of rotatable bonds is 6. The first-order valence-corrected chi connectivity index (χ1v) is 6.45. The Morgan fingerprint density at radius 3 is 2.72 bits per heavy atom. The summed E-state index contributed by atoms with van der Waals surface area (Å²) >= 11 is 1.25. The van der Waals surface area contributed by atoms with Crippen LogP contribution in [0.2, 0.25) is 0 Å². The molecule has 2 nitrogen and oxygen atoms in total. The highest BCUT2D eigenvalue weighted by molar-refractivity contribution is 7.99. The number of halogens is 3. The molecule has 18 heavy (non-hydrogen) atoms. The van der Waals surface area contributed by atoms with Gasteiger partial charge < -0.3 is 10.1 Å². The van der Waals surface area contributed by atoms with Crippen molar-refractivity contribution in [2.45, 2.75) is 24.0 Å². The first-order valence-electron chi connectivity index (χ1n) is 5.47.